The average molecular weight is 406 g/mol. The third-order valence-corrected chi connectivity index (χ3v) is 5.02. The Morgan fingerprint density at radius 1 is 1.17 bits per heavy atom. The summed E-state index contributed by atoms with van der Waals surface area (Å²) < 4.78 is 15.1. The summed E-state index contributed by atoms with van der Waals surface area (Å²) in [5.74, 6) is -1.75. The van der Waals surface area contributed by atoms with Gasteiger partial charge in [0.15, 0.2) is 6.61 Å². The molecule has 0 aromatic heterocycles. The van der Waals surface area contributed by atoms with Crippen LogP contribution in [0, 0.1) is 5.92 Å². The molecule has 1 saturated heterocycles. The molecule has 2 atom stereocenters. The highest BCUT2D eigenvalue weighted by atomic mass is 16.5. The highest BCUT2D eigenvalue weighted by Crippen LogP contribution is 2.11. The fourth-order valence-corrected chi connectivity index (χ4v) is 2.99. The standard InChI is InChI=1S/C21H30N2O6/c1-4-15(2)19(21(26)27-3)22-18(24)14-29-20(25)17-7-5-16(6-8-17)13-23-9-11-28-12-10-23/h5-8,15,19H,4,9-14H2,1-3H3,(H,22,24)/t15-,19-/m0/s1. The molecule has 2 rings (SSSR count). The largest absolute Gasteiger partial charge is 0.467 e. The van der Waals surface area contributed by atoms with Crippen molar-refractivity contribution in [3.63, 3.8) is 0 Å². The maximum Gasteiger partial charge on any atom is 0.338 e. The van der Waals surface area contributed by atoms with Gasteiger partial charge in [-0.05, 0) is 23.6 Å². The zero-order chi connectivity index (χ0) is 21.2. The molecule has 0 aliphatic carbocycles. The molecule has 8 heteroatoms. The fourth-order valence-electron chi connectivity index (χ4n) is 2.99. The van der Waals surface area contributed by atoms with Crippen LogP contribution in [0.3, 0.4) is 0 Å². The van der Waals surface area contributed by atoms with Crippen molar-refractivity contribution in [2.45, 2.75) is 32.9 Å². The van der Waals surface area contributed by atoms with E-state index in [-0.39, 0.29) is 5.92 Å². The molecular weight excluding hydrogens is 376 g/mol. The van der Waals surface area contributed by atoms with Gasteiger partial charge in [0.25, 0.3) is 5.91 Å². The van der Waals surface area contributed by atoms with Gasteiger partial charge in [0, 0.05) is 19.6 Å². The zero-order valence-corrected chi connectivity index (χ0v) is 17.3. The first-order chi connectivity index (χ1) is 13.9. The van der Waals surface area contributed by atoms with E-state index in [1.54, 1.807) is 12.1 Å². The number of benzene rings is 1. The van der Waals surface area contributed by atoms with E-state index in [9.17, 15) is 14.4 Å². The molecule has 1 aliphatic rings. The molecule has 1 fully saturated rings. The maximum absolute atomic E-state index is 12.2. The Balaban J connectivity index is 1.83. The van der Waals surface area contributed by atoms with E-state index < -0.39 is 30.5 Å². The lowest BCUT2D eigenvalue weighted by Gasteiger charge is -2.26. The van der Waals surface area contributed by atoms with Crippen molar-refractivity contribution < 1.29 is 28.6 Å². The van der Waals surface area contributed by atoms with E-state index >= 15 is 0 Å². The van der Waals surface area contributed by atoms with E-state index in [4.69, 9.17) is 14.2 Å². The highest BCUT2D eigenvalue weighted by Gasteiger charge is 2.27. The predicted molar refractivity (Wildman–Crippen MR) is 106 cm³/mol. The van der Waals surface area contributed by atoms with Gasteiger partial charge in [0.05, 0.1) is 25.9 Å². The lowest BCUT2D eigenvalue weighted by Crippen LogP contribution is -2.47. The number of carbonyl (C=O) groups excluding carboxylic acids is 3. The molecule has 0 radical (unpaired) electrons. The molecular formula is C21H30N2O6. The van der Waals surface area contributed by atoms with Gasteiger partial charge in [0.1, 0.15) is 6.04 Å². The van der Waals surface area contributed by atoms with E-state index in [1.807, 2.05) is 26.0 Å². The number of ether oxygens (including phenoxy) is 3. The topological polar surface area (TPSA) is 94.2 Å². The summed E-state index contributed by atoms with van der Waals surface area (Å²) in [5.41, 5.74) is 1.46. The predicted octanol–water partition coefficient (Wildman–Crippen LogP) is 1.38. The van der Waals surface area contributed by atoms with Gasteiger partial charge < -0.3 is 19.5 Å². The van der Waals surface area contributed by atoms with Crippen LogP contribution in [-0.4, -0.2) is 68.8 Å². The second-order valence-electron chi connectivity index (χ2n) is 7.12. The van der Waals surface area contributed by atoms with Crippen LogP contribution >= 0.6 is 0 Å². The lowest BCUT2D eigenvalue weighted by molar-refractivity contribution is -0.147. The van der Waals surface area contributed by atoms with E-state index in [0.29, 0.717) is 12.0 Å². The number of nitrogens with one attached hydrogen (secondary N) is 1. The molecule has 1 aromatic carbocycles. The van der Waals surface area contributed by atoms with Crippen LogP contribution in [0.1, 0.15) is 36.2 Å². The Morgan fingerprint density at radius 2 is 1.83 bits per heavy atom. The Bertz CT molecular complexity index is 685. The summed E-state index contributed by atoms with van der Waals surface area (Å²) in [5, 5.41) is 2.57. The molecule has 29 heavy (non-hydrogen) atoms. The summed E-state index contributed by atoms with van der Waals surface area (Å²) >= 11 is 0. The lowest BCUT2D eigenvalue weighted by atomic mass is 9.99. The van der Waals surface area contributed by atoms with Crippen molar-refractivity contribution in [1.29, 1.82) is 0 Å². The van der Waals surface area contributed by atoms with Crippen LogP contribution in [0.4, 0.5) is 0 Å². The van der Waals surface area contributed by atoms with Gasteiger partial charge >= 0.3 is 11.9 Å². The SMILES string of the molecule is CC[C@H](C)[C@H](NC(=O)COC(=O)c1ccc(CN2CCOCC2)cc1)C(=O)OC. The summed E-state index contributed by atoms with van der Waals surface area (Å²) in [7, 11) is 1.27. The molecule has 8 nitrogen and oxygen atoms in total. The first kappa shape index (κ1) is 22.8. The Kier molecular flexibility index (Phi) is 9.08. The molecule has 1 amide bonds. The van der Waals surface area contributed by atoms with Crippen molar-refractivity contribution in [2.75, 3.05) is 40.0 Å². The molecule has 0 saturated carbocycles. The molecule has 1 aliphatic heterocycles. The zero-order valence-electron chi connectivity index (χ0n) is 17.3. The number of methoxy groups -OCH3 is 1. The molecule has 0 spiro atoms. The van der Waals surface area contributed by atoms with Crippen molar-refractivity contribution in [3.05, 3.63) is 35.4 Å². The van der Waals surface area contributed by atoms with Crippen molar-refractivity contribution in [2.24, 2.45) is 5.92 Å². The minimum absolute atomic E-state index is 0.0962. The van der Waals surface area contributed by atoms with Crippen LogP contribution in [0.15, 0.2) is 24.3 Å². The van der Waals surface area contributed by atoms with Gasteiger partial charge in [-0.3, -0.25) is 9.69 Å². The molecule has 160 valence electrons. The van der Waals surface area contributed by atoms with E-state index in [1.165, 1.54) is 7.11 Å². The summed E-state index contributed by atoms with van der Waals surface area (Å²) in [6.45, 7) is 7.34. The molecule has 1 heterocycles. The van der Waals surface area contributed by atoms with Crippen LogP contribution in [0.2, 0.25) is 0 Å². The van der Waals surface area contributed by atoms with Crippen molar-refractivity contribution in [1.82, 2.24) is 10.2 Å². The van der Waals surface area contributed by atoms with Crippen molar-refractivity contribution >= 4 is 17.8 Å². The normalized spacial score (nSPS) is 16.5. The Labute approximate surface area is 171 Å². The van der Waals surface area contributed by atoms with E-state index in [0.717, 1.165) is 38.4 Å². The fraction of sp³-hybridized carbons (Fsp3) is 0.571. The van der Waals surface area contributed by atoms with Gasteiger partial charge in [0.2, 0.25) is 0 Å². The maximum atomic E-state index is 12.2. The Hall–Kier alpha value is -2.45. The van der Waals surface area contributed by atoms with Gasteiger partial charge in [-0.15, -0.1) is 0 Å². The monoisotopic (exact) mass is 406 g/mol. The average Bonchev–Trinajstić information content (AvgIpc) is 2.76. The highest BCUT2D eigenvalue weighted by molar-refractivity contribution is 5.92. The van der Waals surface area contributed by atoms with Crippen LogP contribution < -0.4 is 5.32 Å². The number of nitrogens with zero attached hydrogens (tertiary/aromatic N) is 1. The molecule has 1 aromatic rings. The van der Waals surface area contributed by atoms with Gasteiger partial charge in [-0.1, -0.05) is 32.4 Å². The summed E-state index contributed by atoms with van der Waals surface area (Å²) in [6, 6.07) is 6.36. The third kappa shape index (κ3) is 7.14. The van der Waals surface area contributed by atoms with Crippen molar-refractivity contribution in [3.8, 4) is 0 Å². The number of hydrogen-bond acceptors (Lipinski definition) is 7. The minimum atomic E-state index is -0.768. The van der Waals surface area contributed by atoms with Gasteiger partial charge in [-0.25, -0.2) is 9.59 Å². The first-order valence-electron chi connectivity index (χ1n) is 9.88. The van der Waals surface area contributed by atoms with Crippen LogP contribution in [0.25, 0.3) is 0 Å². The number of hydrogen-bond donors (Lipinski definition) is 1. The first-order valence-corrected chi connectivity index (χ1v) is 9.88. The minimum Gasteiger partial charge on any atom is -0.467 e. The summed E-state index contributed by atoms with van der Waals surface area (Å²) in [4.78, 5) is 38.4. The third-order valence-electron chi connectivity index (χ3n) is 5.02. The number of esters is 2. The second kappa shape index (κ2) is 11.5. The van der Waals surface area contributed by atoms with Crippen LogP contribution in [0.5, 0.6) is 0 Å². The smallest absolute Gasteiger partial charge is 0.338 e. The second-order valence-corrected chi connectivity index (χ2v) is 7.12. The number of rotatable bonds is 9. The molecule has 1 N–H and O–H groups in total. The Morgan fingerprint density at radius 3 is 2.41 bits per heavy atom. The quantitative estimate of drug-likeness (QED) is 0.619. The van der Waals surface area contributed by atoms with Crippen LogP contribution in [-0.2, 0) is 30.3 Å². The molecule has 0 unspecified atom stereocenters. The molecule has 0 bridgehead atoms. The van der Waals surface area contributed by atoms with Gasteiger partial charge in [-0.2, -0.15) is 0 Å². The number of morpholine rings is 1. The van der Waals surface area contributed by atoms with E-state index in [2.05, 4.69) is 10.2 Å². The summed E-state index contributed by atoms with van der Waals surface area (Å²) in [6.07, 6.45) is 0.691. The number of carbonyl (C=O) groups is 3. The number of amides is 1.